The summed E-state index contributed by atoms with van der Waals surface area (Å²) in [6.07, 6.45) is 1.94. The SMILES string of the molecule is Cn1ccc(NCc2ccc([Si](C)(C)C)cc2)n1. The van der Waals surface area contributed by atoms with Gasteiger partial charge in [-0.05, 0) is 5.56 Å². The summed E-state index contributed by atoms with van der Waals surface area (Å²) in [6, 6.07) is 10.9. The molecule has 2 rings (SSSR count). The molecule has 1 aromatic carbocycles. The van der Waals surface area contributed by atoms with Gasteiger partial charge in [0.2, 0.25) is 0 Å². The molecule has 0 amide bonds. The van der Waals surface area contributed by atoms with E-state index in [1.54, 1.807) is 4.68 Å². The summed E-state index contributed by atoms with van der Waals surface area (Å²) in [5, 5.41) is 9.12. The van der Waals surface area contributed by atoms with Crippen LogP contribution in [0, 0.1) is 0 Å². The molecule has 4 heteroatoms. The molecule has 1 N–H and O–H groups in total. The molecular weight excluding hydrogens is 238 g/mol. The van der Waals surface area contributed by atoms with Crippen molar-refractivity contribution in [3.05, 3.63) is 42.1 Å². The highest BCUT2D eigenvalue weighted by molar-refractivity contribution is 6.88. The van der Waals surface area contributed by atoms with Crippen LogP contribution in [0.2, 0.25) is 19.6 Å². The molecule has 0 bridgehead atoms. The van der Waals surface area contributed by atoms with Crippen LogP contribution in [0.3, 0.4) is 0 Å². The summed E-state index contributed by atoms with van der Waals surface area (Å²) < 4.78 is 1.80. The highest BCUT2D eigenvalue weighted by Gasteiger charge is 2.15. The average molecular weight is 259 g/mol. The van der Waals surface area contributed by atoms with Crippen molar-refractivity contribution in [2.45, 2.75) is 26.2 Å². The van der Waals surface area contributed by atoms with Crippen LogP contribution in [0.5, 0.6) is 0 Å². The van der Waals surface area contributed by atoms with Gasteiger partial charge in [0.15, 0.2) is 0 Å². The normalized spacial score (nSPS) is 11.6. The number of aryl methyl sites for hydroxylation is 1. The number of benzene rings is 1. The van der Waals surface area contributed by atoms with Crippen LogP contribution in [0.4, 0.5) is 5.82 Å². The number of anilines is 1. The number of nitrogens with one attached hydrogen (secondary N) is 1. The fraction of sp³-hybridized carbons (Fsp3) is 0.357. The van der Waals surface area contributed by atoms with E-state index >= 15 is 0 Å². The molecule has 0 spiro atoms. The molecular formula is C14H21N3Si. The Bertz CT molecular complexity index is 509. The van der Waals surface area contributed by atoms with Crippen LogP contribution < -0.4 is 10.5 Å². The van der Waals surface area contributed by atoms with Crippen molar-refractivity contribution in [2.75, 3.05) is 5.32 Å². The number of hydrogen-bond donors (Lipinski definition) is 1. The zero-order valence-corrected chi connectivity index (χ0v) is 12.6. The van der Waals surface area contributed by atoms with E-state index in [1.807, 2.05) is 19.3 Å². The lowest BCUT2D eigenvalue weighted by Gasteiger charge is -2.16. The van der Waals surface area contributed by atoms with Gasteiger partial charge in [-0.15, -0.1) is 0 Å². The van der Waals surface area contributed by atoms with E-state index in [-0.39, 0.29) is 0 Å². The van der Waals surface area contributed by atoms with E-state index in [1.165, 1.54) is 10.8 Å². The lowest BCUT2D eigenvalue weighted by atomic mass is 10.2. The molecule has 2 aromatic rings. The molecule has 0 unspecified atom stereocenters. The maximum absolute atomic E-state index is 4.29. The van der Waals surface area contributed by atoms with Crippen molar-refractivity contribution in [3.63, 3.8) is 0 Å². The second kappa shape index (κ2) is 4.98. The van der Waals surface area contributed by atoms with Gasteiger partial charge in [-0.1, -0.05) is 49.1 Å². The van der Waals surface area contributed by atoms with Crippen LogP contribution >= 0.6 is 0 Å². The molecule has 0 radical (unpaired) electrons. The third kappa shape index (κ3) is 3.23. The van der Waals surface area contributed by atoms with Gasteiger partial charge in [0.05, 0.1) is 8.07 Å². The molecule has 0 aliphatic rings. The third-order valence-electron chi connectivity index (χ3n) is 3.01. The Labute approximate surface area is 110 Å². The smallest absolute Gasteiger partial charge is 0.148 e. The molecule has 18 heavy (non-hydrogen) atoms. The van der Waals surface area contributed by atoms with E-state index in [9.17, 15) is 0 Å². The maximum atomic E-state index is 4.29. The summed E-state index contributed by atoms with van der Waals surface area (Å²) in [4.78, 5) is 0. The Morgan fingerprint density at radius 1 is 1.11 bits per heavy atom. The van der Waals surface area contributed by atoms with E-state index in [4.69, 9.17) is 0 Å². The molecule has 96 valence electrons. The Hall–Kier alpha value is -1.55. The minimum atomic E-state index is -1.18. The van der Waals surface area contributed by atoms with Crippen LogP contribution in [0.15, 0.2) is 36.5 Å². The van der Waals surface area contributed by atoms with Crippen molar-refractivity contribution >= 4 is 19.1 Å². The van der Waals surface area contributed by atoms with Gasteiger partial charge in [-0.3, -0.25) is 4.68 Å². The molecule has 0 saturated carbocycles. The zero-order valence-electron chi connectivity index (χ0n) is 11.6. The average Bonchev–Trinajstić information content (AvgIpc) is 2.72. The second-order valence-corrected chi connectivity index (χ2v) is 10.8. The first-order valence-electron chi connectivity index (χ1n) is 6.28. The quantitative estimate of drug-likeness (QED) is 0.855. The lowest BCUT2D eigenvalue weighted by molar-refractivity contribution is 0.768. The standard InChI is InChI=1S/C14H21N3Si/c1-17-10-9-14(16-17)15-11-12-5-7-13(8-6-12)18(2,3)4/h5-10H,11H2,1-4H3,(H,15,16). The van der Waals surface area contributed by atoms with Crippen molar-refractivity contribution in [3.8, 4) is 0 Å². The largest absolute Gasteiger partial charge is 0.365 e. The van der Waals surface area contributed by atoms with Gasteiger partial charge in [0.25, 0.3) is 0 Å². The third-order valence-corrected chi connectivity index (χ3v) is 5.07. The molecule has 1 aromatic heterocycles. The Morgan fingerprint density at radius 2 is 1.78 bits per heavy atom. The predicted octanol–water partition coefficient (Wildman–Crippen LogP) is 2.58. The highest BCUT2D eigenvalue weighted by atomic mass is 28.3. The minimum Gasteiger partial charge on any atom is -0.365 e. The first-order valence-corrected chi connectivity index (χ1v) is 9.78. The van der Waals surface area contributed by atoms with Crippen LogP contribution in [-0.4, -0.2) is 17.9 Å². The Kier molecular flexibility index (Phi) is 3.57. The van der Waals surface area contributed by atoms with Crippen molar-refractivity contribution in [2.24, 2.45) is 7.05 Å². The van der Waals surface area contributed by atoms with Crippen molar-refractivity contribution in [1.29, 1.82) is 0 Å². The number of hydrogen-bond acceptors (Lipinski definition) is 2. The van der Waals surface area contributed by atoms with Crippen molar-refractivity contribution in [1.82, 2.24) is 9.78 Å². The van der Waals surface area contributed by atoms with Crippen LogP contribution in [0.25, 0.3) is 0 Å². The Morgan fingerprint density at radius 3 is 2.28 bits per heavy atom. The van der Waals surface area contributed by atoms with E-state index in [0.717, 1.165) is 12.4 Å². The summed E-state index contributed by atoms with van der Waals surface area (Å²) in [5.74, 6) is 0.923. The van der Waals surface area contributed by atoms with Gasteiger partial charge in [-0.25, -0.2) is 0 Å². The lowest BCUT2D eigenvalue weighted by Crippen LogP contribution is -2.37. The monoisotopic (exact) mass is 259 g/mol. The molecule has 0 saturated heterocycles. The van der Waals surface area contributed by atoms with Gasteiger partial charge < -0.3 is 5.32 Å². The Balaban J connectivity index is 1.98. The van der Waals surface area contributed by atoms with Crippen molar-refractivity contribution < 1.29 is 0 Å². The number of aromatic nitrogens is 2. The van der Waals surface area contributed by atoms with Crippen LogP contribution in [0.1, 0.15) is 5.56 Å². The molecule has 0 fully saturated rings. The second-order valence-electron chi connectivity index (χ2n) is 5.68. The van der Waals surface area contributed by atoms with E-state index < -0.39 is 8.07 Å². The summed E-state index contributed by atoms with van der Waals surface area (Å²) in [7, 11) is 0.749. The van der Waals surface area contributed by atoms with Gasteiger partial charge in [0, 0.05) is 25.9 Å². The molecule has 0 aliphatic heterocycles. The number of rotatable bonds is 4. The highest BCUT2D eigenvalue weighted by Crippen LogP contribution is 2.07. The fourth-order valence-electron chi connectivity index (χ4n) is 1.82. The van der Waals surface area contributed by atoms with Gasteiger partial charge in [0.1, 0.15) is 5.82 Å². The van der Waals surface area contributed by atoms with Gasteiger partial charge in [-0.2, -0.15) is 5.10 Å². The molecule has 1 heterocycles. The molecule has 3 nitrogen and oxygen atoms in total. The summed E-state index contributed by atoms with van der Waals surface area (Å²) in [6.45, 7) is 7.93. The first-order chi connectivity index (χ1) is 8.45. The maximum Gasteiger partial charge on any atom is 0.148 e. The van der Waals surface area contributed by atoms with E-state index in [0.29, 0.717) is 0 Å². The first kappa shape index (κ1) is 12.9. The molecule has 0 atom stereocenters. The van der Waals surface area contributed by atoms with E-state index in [2.05, 4.69) is 54.3 Å². The van der Waals surface area contributed by atoms with Crippen LogP contribution in [-0.2, 0) is 13.6 Å². The summed E-state index contributed by atoms with van der Waals surface area (Å²) in [5.41, 5.74) is 1.29. The number of nitrogens with zero attached hydrogens (tertiary/aromatic N) is 2. The summed E-state index contributed by atoms with van der Waals surface area (Å²) >= 11 is 0. The minimum absolute atomic E-state index is 0.822. The van der Waals surface area contributed by atoms with Gasteiger partial charge >= 0.3 is 0 Å². The predicted molar refractivity (Wildman–Crippen MR) is 80.0 cm³/mol. The zero-order chi connectivity index (χ0) is 13.2. The topological polar surface area (TPSA) is 29.9 Å². The molecule has 0 aliphatic carbocycles. The fourth-order valence-corrected chi connectivity index (χ4v) is 2.99.